The number of piperidine rings is 1. The van der Waals surface area contributed by atoms with Gasteiger partial charge in [-0.2, -0.15) is 17.5 Å². The van der Waals surface area contributed by atoms with Crippen LogP contribution < -0.4 is 0 Å². The molecular weight excluding hydrogens is 451 g/mol. The molecule has 2 amide bonds. The molecule has 12 heteroatoms. The molecule has 1 aromatic rings. The quantitative estimate of drug-likeness (QED) is 0.665. The normalized spacial score (nSPS) is 19.1. The Kier molecular flexibility index (Phi) is 7.33. The van der Waals surface area contributed by atoms with E-state index >= 15 is 0 Å². The van der Waals surface area contributed by atoms with E-state index in [9.17, 15) is 31.2 Å². The van der Waals surface area contributed by atoms with E-state index in [0.717, 1.165) is 24.3 Å². The molecule has 0 bridgehead atoms. The highest BCUT2D eigenvalue weighted by Crippen LogP contribution is 2.30. The van der Waals surface area contributed by atoms with Crippen molar-refractivity contribution >= 4 is 22.0 Å². The van der Waals surface area contributed by atoms with Crippen molar-refractivity contribution in [2.24, 2.45) is 5.92 Å². The van der Waals surface area contributed by atoms with Crippen LogP contribution in [0.5, 0.6) is 0 Å². The van der Waals surface area contributed by atoms with Gasteiger partial charge in [0.25, 0.3) is 0 Å². The van der Waals surface area contributed by atoms with Crippen molar-refractivity contribution in [1.82, 2.24) is 14.1 Å². The van der Waals surface area contributed by atoms with Crippen molar-refractivity contribution in [1.29, 1.82) is 0 Å². The van der Waals surface area contributed by atoms with Crippen LogP contribution in [0.2, 0.25) is 0 Å². The van der Waals surface area contributed by atoms with Gasteiger partial charge in [0.15, 0.2) is 0 Å². The number of rotatable bonds is 4. The predicted molar refractivity (Wildman–Crippen MR) is 108 cm³/mol. The van der Waals surface area contributed by atoms with Crippen LogP contribution in [-0.2, 0) is 25.7 Å². The van der Waals surface area contributed by atoms with Crippen molar-refractivity contribution in [3.05, 3.63) is 29.8 Å². The summed E-state index contributed by atoms with van der Waals surface area (Å²) in [5.74, 6) is -0.307. The van der Waals surface area contributed by atoms with Crippen molar-refractivity contribution in [3.8, 4) is 0 Å². The van der Waals surface area contributed by atoms with Gasteiger partial charge >= 0.3 is 12.3 Å². The Morgan fingerprint density at radius 3 is 2.03 bits per heavy atom. The molecule has 0 N–H and O–H groups in total. The number of likely N-dealkylation sites (tertiary alicyclic amines) is 1. The predicted octanol–water partition coefficient (Wildman–Crippen LogP) is 2.41. The molecule has 0 aliphatic carbocycles. The van der Waals surface area contributed by atoms with Crippen molar-refractivity contribution in [2.45, 2.75) is 30.8 Å². The number of piperazine rings is 1. The maximum Gasteiger partial charge on any atom is 0.416 e. The molecule has 0 radical (unpaired) electrons. The highest BCUT2D eigenvalue weighted by atomic mass is 32.2. The zero-order chi connectivity index (χ0) is 23.5. The minimum atomic E-state index is -4.54. The van der Waals surface area contributed by atoms with E-state index in [1.54, 1.807) is 16.7 Å². The van der Waals surface area contributed by atoms with Gasteiger partial charge in [-0.15, -0.1) is 0 Å². The van der Waals surface area contributed by atoms with Crippen molar-refractivity contribution in [3.63, 3.8) is 0 Å². The number of sulfonamides is 1. The average molecular weight is 478 g/mol. The van der Waals surface area contributed by atoms with Gasteiger partial charge in [-0.1, -0.05) is 0 Å². The first-order valence-corrected chi connectivity index (χ1v) is 11.9. The molecular formula is C20H26F3N3O5S. The van der Waals surface area contributed by atoms with E-state index in [2.05, 4.69) is 0 Å². The highest BCUT2D eigenvalue weighted by Gasteiger charge is 2.35. The molecule has 0 aromatic heterocycles. The van der Waals surface area contributed by atoms with Gasteiger partial charge in [0.1, 0.15) is 0 Å². The molecule has 0 spiro atoms. The SMILES string of the molecule is CCOC(=O)N1CCC(C(=O)N2CCN(S(=O)(=O)c3ccc(C(F)(F)F)cc3)CC2)CC1. The van der Waals surface area contributed by atoms with Crippen LogP contribution in [0.3, 0.4) is 0 Å². The lowest BCUT2D eigenvalue weighted by atomic mass is 9.95. The molecule has 178 valence electrons. The van der Waals surface area contributed by atoms with Crippen LogP contribution >= 0.6 is 0 Å². The third-order valence-corrected chi connectivity index (χ3v) is 7.65. The van der Waals surface area contributed by atoms with E-state index in [4.69, 9.17) is 4.74 Å². The lowest BCUT2D eigenvalue weighted by Crippen LogP contribution is -2.53. The molecule has 1 aromatic carbocycles. The van der Waals surface area contributed by atoms with Gasteiger partial charge in [-0.25, -0.2) is 13.2 Å². The first-order chi connectivity index (χ1) is 15.0. The number of hydrogen-bond acceptors (Lipinski definition) is 5. The van der Waals surface area contributed by atoms with E-state index in [-0.39, 0.29) is 55.6 Å². The molecule has 3 rings (SSSR count). The Balaban J connectivity index is 1.54. The molecule has 2 fully saturated rings. The maximum absolute atomic E-state index is 12.8. The lowest BCUT2D eigenvalue weighted by Gasteiger charge is -2.38. The molecule has 8 nitrogen and oxygen atoms in total. The lowest BCUT2D eigenvalue weighted by molar-refractivity contribution is -0.138. The number of carbonyl (C=O) groups is 2. The Labute approximate surface area is 185 Å². The number of benzene rings is 1. The average Bonchev–Trinajstić information content (AvgIpc) is 2.78. The summed E-state index contributed by atoms with van der Waals surface area (Å²) < 4.78 is 69.8. The fourth-order valence-corrected chi connectivity index (χ4v) is 5.32. The summed E-state index contributed by atoms with van der Waals surface area (Å²) in [5.41, 5.74) is -0.916. The molecule has 0 unspecified atom stereocenters. The summed E-state index contributed by atoms with van der Waals surface area (Å²) in [4.78, 5) is 27.6. The largest absolute Gasteiger partial charge is 0.450 e. The van der Waals surface area contributed by atoms with Crippen LogP contribution in [0.4, 0.5) is 18.0 Å². The number of alkyl halides is 3. The smallest absolute Gasteiger partial charge is 0.416 e. The molecule has 0 saturated carbocycles. The number of nitrogens with zero attached hydrogens (tertiary/aromatic N) is 3. The van der Waals surface area contributed by atoms with Crippen LogP contribution in [-0.4, -0.2) is 80.4 Å². The molecule has 2 aliphatic heterocycles. The van der Waals surface area contributed by atoms with Crippen molar-refractivity contribution < 1.29 is 35.9 Å². The van der Waals surface area contributed by atoms with Crippen molar-refractivity contribution in [2.75, 3.05) is 45.9 Å². The van der Waals surface area contributed by atoms with Crippen LogP contribution in [0.25, 0.3) is 0 Å². The van der Waals surface area contributed by atoms with Crippen LogP contribution in [0.15, 0.2) is 29.2 Å². The maximum atomic E-state index is 12.8. The number of amides is 2. The summed E-state index contributed by atoms with van der Waals surface area (Å²) in [6, 6.07) is 3.39. The standard InChI is InChI=1S/C20H26F3N3O5S/c1-2-31-19(28)25-9-7-15(8-10-25)18(27)24-11-13-26(14-12-24)32(29,30)17-5-3-16(4-6-17)20(21,22)23/h3-6,15H,2,7-14H2,1H3. The minimum Gasteiger partial charge on any atom is -0.450 e. The summed E-state index contributed by atoms with van der Waals surface area (Å²) in [6.45, 7) is 3.42. The summed E-state index contributed by atoms with van der Waals surface area (Å²) >= 11 is 0. The second kappa shape index (κ2) is 9.65. The van der Waals surface area contributed by atoms with Gasteiger partial charge < -0.3 is 14.5 Å². The first kappa shape index (κ1) is 24.3. The number of halogens is 3. The molecule has 32 heavy (non-hydrogen) atoms. The van der Waals surface area contributed by atoms with Crippen LogP contribution in [0.1, 0.15) is 25.3 Å². The molecule has 2 aliphatic rings. The monoisotopic (exact) mass is 477 g/mol. The van der Waals surface area contributed by atoms with Crippen LogP contribution in [0, 0.1) is 5.92 Å². The van der Waals surface area contributed by atoms with E-state index < -0.39 is 21.8 Å². The van der Waals surface area contributed by atoms with Gasteiger partial charge in [-0.3, -0.25) is 4.79 Å². The highest BCUT2D eigenvalue weighted by molar-refractivity contribution is 7.89. The summed E-state index contributed by atoms with van der Waals surface area (Å²) in [7, 11) is -3.95. The second-order valence-electron chi connectivity index (χ2n) is 7.71. The minimum absolute atomic E-state index is 0.0662. The fourth-order valence-electron chi connectivity index (χ4n) is 3.90. The third-order valence-electron chi connectivity index (χ3n) is 5.74. The zero-order valence-corrected chi connectivity index (χ0v) is 18.5. The molecule has 2 heterocycles. The topological polar surface area (TPSA) is 87.2 Å². The van der Waals surface area contributed by atoms with E-state index in [1.807, 2.05) is 0 Å². The Morgan fingerprint density at radius 2 is 1.53 bits per heavy atom. The van der Waals surface area contributed by atoms with Gasteiger partial charge in [-0.05, 0) is 44.0 Å². The van der Waals surface area contributed by atoms with Gasteiger partial charge in [0, 0.05) is 45.2 Å². The van der Waals surface area contributed by atoms with E-state index in [1.165, 1.54) is 4.31 Å². The summed E-state index contributed by atoms with van der Waals surface area (Å²) in [5, 5.41) is 0. The first-order valence-electron chi connectivity index (χ1n) is 10.4. The Hall–Kier alpha value is -2.34. The number of hydrogen-bond donors (Lipinski definition) is 0. The summed E-state index contributed by atoms with van der Waals surface area (Å²) in [6.07, 6.45) is -3.90. The Bertz CT molecular complexity index is 921. The van der Waals surface area contributed by atoms with E-state index in [0.29, 0.717) is 25.9 Å². The van der Waals surface area contributed by atoms with Gasteiger partial charge in [0.05, 0.1) is 17.1 Å². The zero-order valence-electron chi connectivity index (χ0n) is 17.7. The second-order valence-corrected chi connectivity index (χ2v) is 9.65. The van der Waals surface area contributed by atoms with Gasteiger partial charge in [0.2, 0.25) is 15.9 Å². The molecule has 0 atom stereocenters. The fraction of sp³-hybridized carbons (Fsp3) is 0.600. The third kappa shape index (κ3) is 5.34. The number of carbonyl (C=O) groups excluding carboxylic acids is 2. The number of ether oxygens (including phenoxy) is 1. The molecule has 2 saturated heterocycles. The Morgan fingerprint density at radius 1 is 0.969 bits per heavy atom.